The van der Waals surface area contributed by atoms with Crippen LogP contribution in [0.1, 0.15) is 52.5 Å². The number of hydrogen-bond acceptors (Lipinski definition) is 5. The van der Waals surface area contributed by atoms with Crippen molar-refractivity contribution >= 4 is 46.3 Å². The lowest BCUT2D eigenvalue weighted by molar-refractivity contribution is 0.0139. The summed E-state index contributed by atoms with van der Waals surface area (Å²) in [6.07, 6.45) is 8.93. The van der Waals surface area contributed by atoms with Crippen LogP contribution in [0, 0.1) is 5.41 Å². The maximum absolute atomic E-state index is 13.8. The fourth-order valence-electron chi connectivity index (χ4n) is 6.14. The van der Waals surface area contributed by atoms with Gasteiger partial charge in [0, 0.05) is 54.7 Å². The number of anilines is 1. The smallest absolute Gasteiger partial charge is 0.410 e. The molecule has 2 aliphatic carbocycles. The standard InChI is InChI=1S/C31H34Cl2FN5O2/c1-30(2,3)41-29(40)38-12-6-11-31(18-38)15-25(31)39-24(26-22(32)9-5-10-23(26)33)14-20-17-36-28(37-27(20)39)35-16-19-7-4-8-21(34)13-19/h4-5,7-10,14,17,21,25H,6,11-13,15-16,18H2,1-3H3,(H,35,36,37). The van der Waals surface area contributed by atoms with Gasteiger partial charge in [0.1, 0.15) is 17.4 Å². The number of rotatable bonds is 5. The first-order valence-corrected chi connectivity index (χ1v) is 14.8. The Balaban J connectivity index is 1.36. The highest BCUT2D eigenvalue weighted by molar-refractivity contribution is 6.39. The van der Waals surface area contributed by atoms with Crippen LogP contribution in [0.4, 0.5) is 15.1 Å². The number of aromatic nitrogens is 3. The van der Waals surface area contributed by atoms with Crippen LogP contribution in [-0.4, -0.2) is 56.9 Å². The molecule has 3 unspecified atom stereocenters. The lowest BCUT2D eigenvalue weighted by Gasteiger charge is -2.35. The fourth-order valence-corrected chi connectivity index (χ4v) is 6.73. The summed E-state index contributed by atoms with van der Waals surface area (Å²) in [5.74, 6) is 0.466. The average molecular weight is 599 g/mol. The molecule has 3 atom stereocenters. The van der Waals surface area contributed by atoms with Crippen LogP contribution < -0.4 is 5.32 Å². The van der Waals surface area contributed by atoms with Crippen molar-refractivity contribution in [3.05, 3.63) is 64.3 Å². The van der Waals surface area contributed by atoms with Crippen LogP contribution in [0.2, 0.25) is 10.0 Å². The van der Waals surface area contributed by atoms with E-state index in [0.717, 1.165) is 47.1 Å². The lowest BCUT2D eigenvalue weighted by atomic mass is 9.94. The average Bonchev–Trinajstić information content (AvgIpc) is 3.44. The van der Waals surface area contributed by atoms with E-state index in [9.17, 15) is 9.18 Å². The van der Waals surface area contributed by atoms with E-state index >= 15 is 0 Å². The summed E-state index contributed by atoms with van der Waals surface area (Å²) in [4.78, 5) is 24.3. The Labute approximate surface area is 249 Å². The minimum atomic E-state index is -0.970. The van der Waals surface area contributed by atoms with Crippen LogP contribution in [0.25, 0.3) is 22.3 Å². The number of fused-ring (bicyclic) bond motifs is 1. The summed E-state index contributed by atoms with van der Waals surface area (Å²) < 4.78 is 21.8. The summed E-state index contributed by atoms with van der Waals surface area (Å²) in [5, 5.41) is 5.25. The van der Waals surface area contributed by atoms with Crippen molar-refractivity contribution in [1.29, 1.82) is 0 Å². The van der Waals surface area contributed by atoms with E-state index in [4.69, 9.17) is 32.9 Å². The minimum Gasteiger partial charge on any atom is -0.444 e. The van der Waals surface area contributed by atoms with Gasteiger partial charge in [-0.3, -0.25) is 0 Å². The van der Waals surface area contributed by atoms with E-state index in [1.807, 2.05) is 56.0 Å². The number of hydrogen-bond donors (Lipinski definition) is 1. The van der Waals surface area contributed by atoms with Crippen LogP contribution in [0.5, 0.6) is 0 Å². The van der Waals surface area contributed by atoms with E-state index in [1.165, 1.54) is 0 Å². The zero-order chi connectivity index (χ0) is 28.9. The number of nitrogens with zero attached hydrogens (tertiary/aromatic N) is 4. The van der Waals surface area contributed by atoms with Crippen molar-refractivity contribution in [2.24, 2.45) is 5.41 Å². The molecule has 41 heavy (non-hydrogen) atoms. The Morgan fingerprint density at radius 2 is 2.05 bits per heavy atom. The Bertz CT molecular complexity index is 1540. The van der Waals surface area contributed by atoms with Gasteiger partial charge in [-0.05, 0) is 63.8 Å². The van der Waals surface area contributed by atoms with Crippen molar-refractivity contribution in [3.8, 4) is 11.3 Å². The van der Waals surface area contributed by atoms with Crippen molar-refractivity contribution in [2.75, 3.05) is 25.0 Å². The van der Waals surface area contributed by atoms with E-state index in [-0.39, 0.29) is 17.6 Å². The highest BCUT2D eigenvalue weighted by Crippen LogP contribution is 2.63. The van der Waals surface area contributed by atoms with Crippen LogP contribution >= 0.6 is 23.2 Å². The van der Waals surface area contributed by atoms with Crippen molar-refractivity contribution in [2.45, 2.75) is 64.3 Å². The second kappa shape index (κ2) is 10.6. The molecule has 216 valence electrons. The summed E-state index contributed by atoms with van der Waals surface area (Å²) in [7, 11) is 0. The molecule has 3 heterocycles. The first kappa shape index (κ1) is 28.0. The van der Waals surface area contributed by atoms with Gasteiger partial charge in [-0.25, -0.2) is 14.2 Å². The molecule has 1 saturated heterocycles. The van der Waals surface area contributed by atoms with Crippen LogP contribution in [0.3, 0.4) is 0 Å². The van der Waals surface area contributed by atoms with Crippen LogP contribution in [-0.2, 0) is 4.74 Å². The second-order valence-corrected chi connectivity index (χ2v) is 13.2. The van der Waals surface area contributed by atoms with Gasteiger partial charge in [0.2, 0.25) is 5.95 Å². The van der Waals surface area contributed by atoms with E-state index in [2.05, 4.69) is 14.9 Å². The molecule has 1 aliphatic heterocycles. The third-order valence-corrected chi connectivity index (χ3v) is 8.73. The molecule has 1 saturated carbocycles. The van der Waals surface area contributed by atoms with Gasteiger partial charge in [-0.1, -0.05) is 47.5 Å². The number of allylic oxidation sites excluding steroid dienone is 3. The number of nitrogens with one attached hydrogen (secondary N) is 1. The predicted octanol–water partition coefficient (Wildman–Crippen LogP) is 8.00. The van der Waals surface area contributed by atoms with Crippen molar-refractivity contribution in [3.63, 3.8) is 0 Å². The molecule has 0 radical (unpaired) electrons. The maximum atomic E-state index is 13.8. The highest BCUT2D eigenvalue weighted by Gasteiger charge is 2.58. The van der Waals surface area contributed by atoms with Crippen LogP contribution in [0.15, 0.2) is 54.3 Å². The highest BCUT2D eigenvalue weighted by atomic mass is 35.5. The zero-order valence-electron chi connectivity index (χ0n) is 23.5. The summed E-state index contributed by atoms with van der Waals surface area (Å²) in [6, 6.07) is 7.63. The normalized spacial score (nSPS) is 24.0. The Morgan fingerprint density at radius 3 is 2.78 bits per heavy atom. The Hall–Kier alpha value is -3.10. The molecule has 3 aliphatic rings. The molecule has 6 rings (SSSR count). The van der Waals surface area contributed by atoms with Gasteiger partial charge in [-0.15, -0.1) is 0 Å². The quantitative estimate of drug-likeness (QED) is 0.322. The molecule has 2 fully saturated rings. The predicted molar refractivity (Wildman–Crippen MR) is 161 cm³/mol. The Morgan fingerprint density at radius 1 is 1.27 bits per heavy atom. The molecule has 0 bridgehead atoms. The van der Waals surface area contributed by atoms with E-state index in [1.54, 1.807) is 18.3 Å². The number of piperidine rings is 1. The minimum absolute atomic E-state index is 0.0915. The third kappa shape index (κ3) is 5.69. The van der Waals surface area contributed by atoms with Gasteiger partial charge in [0.05, 0.1) is 15.7 Å². The van der Waals surface area contributed by atoms with Crippen molar-refractivity contribution in [1.82, 2.24) is 19.4 Å². The van der Waals surface area contributed by atoms with Gasteiger partial charge in [-0.2, -0.15) is 4.98 Å². The molecule has 10 heteroatoms. The topological polar surface area (TPSA) is 72.3 Å². The summed E-state index contributed by atoms with van der Waals surface area (Å²) in [6.45, 7) is 7.42. The maximum Gasteiger partial charge on any atom is 0.410 e. The number of alkyl halides is 1. The lowest BCUT2D eigenvalue weighted by Crippen LogP contribution is -2.44. The zero-order valence-corrected chi connectivity index (χ0v) is 25.0. The second-order valence-electron chi connectivity index (χ2n) is 12.3. The SMILES string of the molecule is CC(C)(C)OC(=O)N1CCCC2(CC2n2c(-c3c(Cl)cccc3Cl)cc3cnc(NCC4=CC=CC(F)C4)nc32)C1. The summed E-state index contributed by atoms with van der Waals surface area (Å²) in [5.41, 5.74) is 2.69. The third-order valence-electron chi connectivity index (χ3n) is 8.10. The number of likely N-dealkylation sites (tertiary alicyclic amines) is 1. The monoisotopic (exact) mass is 597 g/mol. The number of ether oxygens (including phenoxy) is 1. The number of carbonyl (C=O) groups is 1. The number of benzene rings is 1. The van der Waals surface area contributed by atoms with Crippen molar-refractivity contribution < 1.29 is 13.9 Å². The molecular weight excluding hydrogens is 564 g/mol. The molecular formula is C31H34Cl2FN5O2. The van der Waals surface area contributed by atoms with Gasteiger partial charge in [0.15, 0.2) is 0 Å². The fraction of sp³-hybridized carbons (Fsp3) is 0.452. The molecule has 1 N–H and O–H groups in total. The first-order chi connectivity index (χ1) is 19.5. The number of amides is 1. The Kier molecular flexibility index (Phi) is 7.27. The molecule has 3 aromatic rings. The van der Waals surface area contributed by atoms with E-state index in [0.29, 0.717) is 42.0 Å². The largest absolute Gasteiger partial charge is 0.444 e. The molecule has 1 amide bonds. The molecule has 2 aromatic heterocycles. The number of carbonyl (C=O) groups excluding carboxylic acids is 1. The van der Waals surface area contributed by atoms with Gasteiger partial charge >= 0.3 is 6.09 Å². The van der Waals surface area contributed by atoms with E-state index < -0.39 is 11.8 Å². The molecule has 1 aromatic carbocycles. The molecule has 1 spiro atoms. The first-order valence-electron chi connectivity index (χ1n) is 14.1. The number of halogens is 3. The summed E-state index contributed by atoms with van der Waals surface area (Å²) >= 11 is 13.4. The molecule has 7 nitrogen and oxygen atoms in total. The van der Waals surface area contributed by atoms with Gasteiger partial charge < -0.3 is 19.5 Å². The van der Waals surface area contributed by atoms with Gasteiger partial charge in [0.25, 0.3) is 0 Å².